The SMILES string of the molecule is O=C(O)CCCN(Cc1ccccc1)C(=O)C1SCCc2sccc21. The molecule has 0 spiro atoms. The Kier molecular flexibility index (Phi) is 6.15. The minimum atomic E-state index is -0.820. The van der Waals surface area contributed by atoms with E-state index in [1.165, 1.54) is 4.88 Å². The van der Waals surface area contributed by atoms with Crippen molar-refractivity contribution in [2.75, 3.05) is 12.3 Å². The molecule has 0 saturated heterocycles. The van der Waals surface area contributed by atoms with Gasteiger partial charge in [0.1, 0.15) is 5.25 Å². The average molecular weight is 376 g/mol. The van der Waals surface area contributed by atoms with Gasteiger partial charge >= 0.3 is 5.97 Å². The van der Waals surface area contributed by atoms with Crippen LogP contribution < -0.4 is 0 Å². The van der Waals surface area contributed by atoms with Crippen LogP contribution in [0.3, 0.4) is 0 Å². The second kappa shape index (κ2) is 8.54. The summed E-state index contributed by atoms with van der Waals surface area (Å²) in [6, 6.07) is 11.9. The maximum absolute atomic E-state index is 13.2. The van der Waals surface area contributed by atoms with E-state index in [4.69, 9.17) is 5.11 Å². The molecule has 0 aliphatic carbocycles. The molecule has 1 atom stereocenters. The summed E-state index contributed by atoms with van der Waals surface area (Å²) in [5.74, 6) is 0.232. The number of fused-ring (bicyclic) bond motifs is 1. The molecule has 132 valence electrons. The summed E-state index contributed by atoms with van der Waals surface area (Å²) in [5.41, 5.74) is 2.21. The molecule has 1 aromatic carbocycles. The van der Waals surface area contributed by atoms with E-state index in [1.54, 1.807) is 23.1 Å². The van der Waals surface area contributed by atoms with Gasteiger partial charge in [0.15, 0.2) is 0 Å². The molecular formula is C19H21NO3S2. The van der Waals surface area contributed by atoms with Crippen LogP contribution in [0.4, 0.5) is 0 Å². The minimum Gasteiger partial charge on any atom is -0.481 e. The first-order valence-electron chi connectivity index (χ1n) is 8.37. The van der Waals surface area contributed by atoms with Crippen LogP contribution in [-0.4, -0.2) is 34.2 Å². The zero-order valence-corrected chi connectivity index (χ0v) is 15.5. The van der Waals surface area contributed by atoms with Gasteiger partial charge in [-0.05, 0) is 41.2 Å². The van der Waals surface area contributed by atoms with Crippen LogP contribution >= 0.6 is 23.1 Å². The van der Waals surface area contributed by atoms with Crippen molar-refractivity contribution in [1.82, 2.24) is 4.90 Å². The molecule has 0 bridgehead atoms. The lowest BCUT2D eigenvalue weighted by Gasteiger charge is -2.29. The first-order valence-corrected chi connectivity index (χ1v) is 10.3. The summed E-state index contributed by atoms with van der Waals surface area (Å²) >= 11 is 3.42. The van der Waals surface area contributed by atoms with Crippen molar-refractivity contribution in [1.29, 1.82) is 0 Å². The highest BCUT2D eigenvalue weighted by molar-refractivity contribution is 8.00. The van der Waals surface area contributed by atoms with E-state index in [1.807, 2.05) is 35.2 Å². The van der Waals surface area contributed by atoms with Crippen molar-refractivity contribution < 1.29 is 14.7 Å². The Morgan fingerprint density at radius 1 is 1.20 bits per heavy atom. The third-order valence-corrected chi connectivity index (χ3v) is 6.47. The number of carbonyl (C=O) groups is 2. The lowest BCUT2D eigenvalue weighted by atomic mass is 10.1. The van der Waals surface area contributed by atoms with Gasteiger partial charge in [0, 0.05) is 24.4 Å². The molecule has 4 nitrogen and oxygen atoms in total. The molecule has 2 aromatic rings. The van der Waals surface area contributed by atoms with E-state index < -0.39 is 5.97 Å². The first kappa shape index (κ1) is 18.0. The fourth-order valence-electron chi connectivity index (χ4n) is 3.01. The molecule has 1 amide bonds. The molecule has 0 radical (unpaired) electrons. The molecule has 2 heterocycles. The van der Waals surface area contributed by atoms with E-state index in [-0.39, 0.29) is 17.6 Å². The van der Waals surface area contributed by atoms with Gasteiger partial charge in [-0.1, -0.05) is 30.3 Å². The topological polar surface area (TPSA) is 57.6 Å². The molecule has 1 aromatic heterocycles. The molecule has 6 heteroatoms. The van der Waals surface area contributed by atoms with E-state index >= 15 is 0 Å². The highest BCUT2D eigenvalue weighted by atomic mass is 32.2. The monoisotopic (exact) mass is 375 g/mol. The van der Waals surface area contributed by atoms with Crippen molar-refractivity contribution in [3.63, 3.8) is 0 Å². The summed E-state index contributed by atoms with van der Waals surface area (Å²) in [6.45, 7) is 0.992. The smallest absolute Gasteiger partial charge is 0.303 e. The van der Waals surface area contributed by atoms with Gasteiger partial charge in [-0.15, -0.1) is 23.1 Å². The largest absolute Gasteiger partial charge is 0.481 e. The minimum absolute atomic E-state index is 0.0834. The highest BCUT2D eigenvalue weighted by Crippen LogP contribution is 2.40. The van der Waals surface area contributed by atoms with Crippen LogP contribution in [-0.2, 0) is 22.6 Å². The van der Waals surface area contributed by atoms with Crippen molar-refractivity contribution in [2.24, 2.45) is 0 Å². The van der Waals surface area contributed by atoms with Crippen LogP contribution in [0.15, 0.2) is 41.8 Å². The predicted molar refractivity (Wildman–Crippen MR) is 102 cm³/mol. The molecule has 3 rings (SSSR count). The standard InChI is InChI=1S/C19H21NO3S2/c21-17(22)7-4-10-20(13-14-5-2-1-3-6-14)19(23)18-15-8-11-24-16(15)9-12-25-18/h1-3,5-6,8,11,18H,4,7,9-10,12-13H2,(H,21,22). The number of aryl methyl sites for hydroxylation is 1. The lowest BCUT2D eigenvalue weighted by Crippen LogP contribution is -2.35. The quantitative estimate of drug-likeness (QED) is 0.795. The second-order valence-corrected chi connectivity index (χ2v) is 8.26. The van der Waals surface area contributed by atoms with Crippen LogP contribution in [0.5, 0.6) is 0 Å². The Morgan fingerprint density at radius 2 is 2.00 bits per heavy atom. The van der Waals surface area contributed by atoms with Crippen LogP contribution in [0, 0.1) is 0 Å². The number of carboxylic acids is 1. The molecule has 1 aliphatic heterocycles. The number of rotatable bonds is 7. The van der Waals surface area contributed by atoms with Gasteiger partial charge in [-0.2, -0.15) is 0 Å². The number of hydrogen-bond donors (Lipinski definition) is 1. The molecule has 1 N–H and O–H groups in total. The molecule has 0 saturated carbocycles. The van der Waals surface area contributed by atoms with Crippen LogP contribution in [0.1, 0.15) is 34.1 Å². The fraction of sp³-hybridized carbons (Fsp3) is 0.368. The van der Waals surface area contributed by atoms with Gasteiger partial charge in [-0.3, -0.25) is 9.59 Å². The zero-order valence-electron chi connectivity index (χ0n) is 13.9. The Labute approximate surface area is 155 Å². The van der Waals surface area contributed by atoms with Crippen LogP contribution in [0.2, 0.25) is 0 Å². The fourth-order valence-corrected chi connectivity index (χ4v) is 5.38. The number of thiophene rings is 1. The van der Waals surface area contributed by atoms with Gasteiger partial charge < -0.3 is 10.0 Å². The number of hydrogen-bond acceptors (Lipinski definition) is 4. The predicted octanol–water partition coefficient (Wildman–Crippen LogP) is 3.97. The van der Waals surface area contributed by atoms with Gasteiger partial charge in [0.25, 0.3) is 0 Å². The number of thioether (sulfide) groups is 1. The zero-order chi connectivity index (χ0) is 17.6. The Balaban J connectivity index is 1.76. The Morgan fingerprint density at radius 3 is 2.76 bits per heavy atom. The summed E-state index contributed by atoms with van der Waals surface area (Å²) in [5, 5.41) is 10.8. The van der Waals surface area contributed by atoms with E-state index in [2.05, 4.69) is 11.4 Å². The van der Waals surface area contributed by atoms with E-state index in [9.17, 15) is 9.59 Å². The normalized spacial score (nSPS) is 16.2. The van der Waals surface area contributed by atoms with Gasteiger partial charge in [0.05, 0.1) is 0 Å². The summed E-state index contributed by atoms with van der Waals surface area (Å²) < 4.78 is 0. The number of aliphatic carboxylic acids is 1. The van der Waals surface area contributed by atoms with E-state index in [0.29, 0.717) is 19.5 Å². The molecule has 1 unspecified atom stereocenters. The van der Waals surface area contributed by atoms with Gasteiger partial charge in [0.2, 0.25) is 5.91 Å². The highest BCUT2D eigenvalue weighted by Gasteiger charge is 2.31. The van der Waals surface area contributed by atoms with Crippen molar-refractivity contribution in [2.45, 2.75) is 31.1 Å². The third-order valence-electron chi connectivity index (χ3n) is 4.25. The number of carboxylic acid groups (broad SMARTS) is 1. The molecule has 1 aliphatic rings. The van der Waals surface area contributed by atoms with Crippen molar-refractivity contribution in [3.05, 3.63) is 57.8 Å². The average Bonchev–Trinajstić information content (AvgIpc) is 3.09. The van der Waals surface area contributed by atoms with Crippen LogP contribution in [0.25, 0.3) is 0 Å². The third kappa shape index (κ3) is 4.64. The first-order chi connectivity index (χ1) is 12.1. The second-order valence-electron chi connectivity index (χ2n) is 6.04. The summed E-state index contributed by atoms with van der Waals surface area (Å²) in [4.78, 5) is 27.2. The van der Waals surface area contributed by atoms with E-state index in [0.717, 1.165) is 23.3 Å². The molecule has 0 fully saturated rings. The number of carbonyl (C=O) groups excluding carboxylic acids is 1. The lowest BCUT2D eigenvalue weighted by molar-refractivity contribution is -0.138. The maximum atomic E-state index is 13.2. The van der Waals surface area contributed by atoms with Crippen molar-refractivity contribution >= 4 is 35.0 Å². The number of amides is 1. The van der Waals surface area contributed by atoms with Gasteiger partial charge in [-0.25, -0.2) is 0 Å². The van der Waals surface area contributed by atoms with Crippen molar-refractivity contribution in [3.8, 4) is 0 Å². The number of nitrogens with zero attached hydrogens (tertiary/aromatic N) is 1. The summed E-state index contributed by atoms with van der Waals surface area (Å²) in [6.07, 6.45) is 1.58. The molecule has 25 heavy (non-hydrogen) atoms. The Hall–Kier alpha value is -1.79. The number of benzene rings is 1. The molecular weight excluding hydrogens is 354 g/mol. The maximum Gasteiger partial charge on any atom is 0.303 e. The Bertz CT molecular complexity index is 729. The summed E-state index contributed by atoms with van der Waals surface area (Å²) in [7, 11) is 0.